The van der Waals surface area contributed by atoms with Crippen LogP contribution in [0.25, 0.3) is 0 Å². The number of piperidine rings is 1. The zero-order valence-corrected chi connectivity index (χ0v) is 9.50. The van der Waals surface area contributed by atoms with Crippen molar-refractivity contribution < 1.29 is 5.11 Å². The first kappa shape index (κ1) is 11.3. The number of anilines is 1. The zero-order chi connectivity index (χ0) is 11.5. The molecule has 0 saturated carbocycles. The third-order valence-electron chi connectivity index (χ3n) is 3.07. The van der Waals surface area contributed by atoms with E-state index >= 15 is 0 Å². The van der Waals surface area contributed by atoms with Crippen LogP contribution >= 0.6 is 0 Å². The molecule has 5 nitrogen and oxygen atoms in total. The van der Waals surface area contributed by atoms with Crippen molar-refractivity contribution in [3.63, 3.8) is 0 Å². The monoisotopic (exact) mass is 222 g/mol. The first-order chi connectivity index (χ1) is 7.70. The molecule has 1 aliphatic rings. The summed E-state index contributed by atoms with van der Waals surface area (Å²) >= 11 is 0. The fourth-order valence-corrected chi connectivity index (χ4v) is 1.93. The Kier molecular flexibility index (Phi) is 3.36. The van der Waals surface area contributed by atoms with E-state index in [0.29, 0.717) is 6.54 Å². The van der Waals surface area contributed by atoms with Crippen molar-refractivity contribution in [3.05, 3.63) is 18.0 Å². The lowest BCUT2D eigenvalue weighted by Gasteiger charge is -2.34. The molecule has 0 spiro atoms. The lowest BCUT2D eigenvalue weighted by atomic mass is 9.97. The predicted octanol–water partition coefficient (Wildman–Crippen LogP) is 0.142. The van der Waals surface area contributed by atoms with Gasteiger partial charge in [0.05, 0.1) is 6.10 Å². The molecule has 0 bridgehead atoms. The third kappa shape index (κ3) is 2.31. The first-order valence-electron chi connectivity index (χ1n) is 5.64. The van der Waals surface area contributed by atoms with Gasteiger partial charge in [0, 0.05) is 37.6 Å². The Labute approximate surface area is 95.3 Å². The summed E-state index contributed by atoms with van der Waals surface area (Å²) < 4.78 is 0. The summed E-state index contributed by atoms with van der Waals surface area (Å²) in [5.74, 6) is 1.00. The van der Waals surface area contributed by atoms with E-state index < -0.39 is 0 Å². The lowest BCUT2D eigenvalue weighted by Crippen LogP contribution is -2.42. The van der Waals surface area contributed by atoms with Crippen molar-refractivity contribution in [1.29, 1.82) is 0 Å². The van der Waals surface area contributed by atoms with Crippen LogP contribution in [-0.4, -0.2) is 34.3 Å². The standard InChI is InChI=1S/C11H18N4O/c1-8-7-15(3-2-10(8)16)11-13-5-9(4-12)6-14-11/h5-6,8,10,16H,2-4,7,12H2,1H3. The second-order valence-electron chi connectivity index (χ2n) is 4.37. The Morgan fingerprint density at radius 2 is 2.19 bits per heavy atom. The summed E-state index contributed by atoms with van der Waals surface area (Å²) in [5, 5.41) is 9.64. The van der Waals surface area contributed by atoms with Gasteiger partial charge < -0.3 is 15.7 Å². The van der Waals surface area contributed by atoms with Crippen LogP contribution in [0.3, 0.4) is 0 Å². The number of aromatic nitrogens is 2. The minimum Gasteiger partial charge on any atom is -0.393 e. The van der Waals surface area contributed by atoms with E-state index in [0.717, 1.165) is 31.0 Å². The molecule has 0 radical (unpaired) electrons. The lowest BCUT2D eigenvalue weighted by molar-refractivity contribution is 0.0966. The fraction of sp³-hybridized carbons (Fsp3) is 0.636. The van der Waals surface area contributed by atoms with E-state index in [9.17, 15) is 5.11 Å². The Morgan fingerprint density at radius 1 is 1.50 bits per heavy atom. The van der Waals surface area contributed by atoms with Crippen LogP contribution in [0.4, 0.5) is 5.95 Å². The van der Waals surface area contributed by atoms with E-state index in [4.69, 9.17) is 5.73 Å². The number of nitrogens with two attached hydrogens (primary N) is 1. The molecule has 1 saturated heterocycles. The highest BCUT2D eigenvalue weighted by molar-refractivity contribution is 5.30. The summed E-state index contributed by atoms with van der Waals surface area (Å²) in [4.78, 5) is 10.7. The van der Waals surface area contributed by atoms with Gasteiger partial charge in [-0.05, 0) is 12.3 Å². The minimum atomic E-state index is -0.195. The molecule has 0 aromatic carbocycles. The summed E-state index contributed by atoms with van der Waals surface area (Å²) in [6.45, 7) is 4.14. The summed E-state index contributed by atoms with van der Waals surface area (Å²) in [7, 11) is 0. The molecule has 16 heavy (non-hydrogen) atoms. The quantitative estimate of drug-likeness (QED) is 0.744. The third-order valence-corrected chi connectivity index (χ3v) is 3.07. The van der Waals surface area contributed by atoms with Gasteiger partial charge >= 0.3 is 0 Å². The molecule has 88 valence electrons. The van der Waals surface area contributed by atoms with Gasteiger partial charge in [-0.25, -0.2) is 9.97 Å². The molecule has 5 heteroatoms. The van der Waals surface area contributed by atoms with Crippen LogP contribution in [-0.2, 0) is 6.54 Å². The average molecular weight is 222 g/mol. The first-order valence-corrected chi connectivity index (χ1v) is 5.64. The minimum absolute atomic E-state index is 0.195. The van der Waals surface area contributed by atoms with Crippen molar-refractivity contribution >= 4 is 5.95 Å². The van der Waals surface area contributed by atoms with Crippen LogP contribution in [0.2, 0.25) is 0 Å². The average Bonchev–Trinajstić information content (AvgIpc) is 2.33. The van der Waals surface area contributed by atoms with Crippen molar-refractivity contribution in [2.24, 2.45) is 11.7 Å². The number of rotatable bonds is 2. The molecule has 0 aliphatic carbocycles. The molecule has 1 aromatic heterocycles. The van der Waals surface area contributed by atoms with Crippen LogP contribution in [0, 0.1) is 5.92 Å². The molecule has 0 amide bonds. The topological polar surface area (TPSA) is 75.3 Å². The molecular formula is C11H18N4O. The van der Waals surface area contributed by atoms with E-state index in [1.165, 1.54) is 0 Å². The van der Waals surface area contributed by atoms with Crippen LogP contribution in [0.1, 0.15) is 18.9 Å². The highest BCUT2D eigenvalue weighted by Gasteiger charge is 2.25. The molecular weight excluding hydrogens is 204 g/mol. The molecule has 3 N–H and O–H groups in total. The van der Waals surface area contributed by atoms with Gasteiger partial charge in [0.2, 0.25) is 5.95 Å². The largest absolute Gasteiger partial charge is 0.393 e. The van der Waals surface area contributed by atoms with Crippen LogP contribution < -0.4 is 10.6 Å². The molecule has 1 aromatic rings. The molecule has 2 unspecified atom stereocenters. The van der Waals surface area contributed by atoms with Gasteiger partial charge in [0.15, 0.2) is 0 Å². The normalized spacial score (nSPS) is 25.8. The summed E-state index contributed by atoms with van der Waals surface area (Å²) in [6, 6.07) is 0. The predicted molar refractivity (Wildman–Crippen MR) is 61.9 cm³/mol. The highest BCUT2D eigenvalue weighted by atomic mass is 16.3. The van der Waals surface area contributed by atoms with Crippen LogP contribution in [0.15, 0.2) is 12.4 Å². The second kappa shape index (κ2) is 4.76. The molecule has 2 heterocycles. The molecule has 2 atom stereocenters. The molecule has 1 aliphatic heterocycles. The van der Waals surface area contributed by atoms with E-state index in [1.54, 1.807) is 12.4 Å². The van der Waals surface area contributed by atoms with Crippen LogP contribution in [0.5, 0.6) is 0 Å². The zero-order valence-electron chi connectivity index (χ0n) is 9.50. The Bertz CT molecular complexity index is 340. The summed E-state index contributed by atoms with van der Waals surface area (Å²) in [5.41, 5.74) is 6.43. The highest BCUT2D eigenvalue weighted by Crippen LogP contribution is 2.19. The Hall–Kier alpha value is -1.20. The fourth-order valence-electron chi connectivity index (χ4n) is 1.93. The Balaban J connectivity index is 2.06. The number of aliphatic hydroxyl groups is 1. The smallest absolute Gasteiger partial charge is 0.225 e. The number of hydrogen-bond donors (Lipinski definition) is 2. The van der Waals surface area contributed by atoms with Crippen molar-refractivity contribution in [2.45, 2.75) is 26.0 Å². The maximum Gasteiger partial charge on any atom is 0.225 e. The van der Waals surface area contributed by atoms with Crippen molar-refractivity contribution in [1.82, 2.24) is 9.97 Å². The Morgan fingerprint density at radius 3 is 2.75 bits per heavy atom. The maximum absolute atomic E-state index is 9.64. The maximum atomic E-state index is 9.64. The van der Waals surface area contributed by atoms with E-state index in [2.05, 4.69) is 14.9 Å². The molecule has 2 rings (SSSR count). The van der Waals surface area contributed by atoms with Gasteiger partial charge in [-0.1, -0.05) is 6.92 Å². The van der Waals surface area contributed by atoms with Crippen molar-refractivity contribution in [3.8, 4) is 0 Å². The van der Waals surface area contributed by atoms with Gasteiger partial charge in [0.1, 0.15) is 0 Å². The van der Waals surface area contributed by atoms with Gasteiger partial charge in [-0.3, -0.25) is 0 Å². The number of aliphatic hydroxyl groups excluding tert-OH is 1. The second-order valence-corrected chi connectivity index (χ2v) is 4.37. The van der Waals surface area contributed by atoms with Crippen molar-refractivity contribution in [2.75, 3.05) is 18.0 Å². The number of hydrogen-bond acceptors (Lipinski definition) is 5. The van der Waals surface area contributed by atoms with Gasteiger partial charge in [-0.2, -0.15) is 0 Å². The van der Waals surface area contributed by atoms with Gasteiger partial charge in [0.25, 0.3) is 0 Å². The molecule has 1 fully saturated rings. The summed E-state index contributed by atoms with van der Waals surface area (Å²) in [6.07, 6.45) is 4.11. The van der Waals surface area contributed by atoms with E-state index in [1.807, 2.05) is 6.92 Å². The van der Waals surface area contributed by atoms with E-state index in [-0.39, 0.29) is 12.0 Å². The van der Waals surface area contributed by atoms with Gasteiger partial charge in [-0.15, -0.1) is 0 Å². The SMILES string of the molecule is CC1CN(c2ncc(CN)cn2)CCC1O. The number of nitrogens with zero attached hydrogens (tertiary/aromatic N) is 3.